The predicted octanol–water partition coefficient (Wildman–Crippen LogP) is 5.22. The topological polar surface area (TPSA) is 102 Å². The number of nitrogens with one attached hydrogen (secondary N) is 1. The normalized spacial score (nSPS) is 25.4. The van der Waals surface area contributed by atoms with Gasteiger partial charge in [-0.15, -0.1) is 10.2 Å². The maximum absolute atomic E-state index is 13.0. The Labute approximate surface area is 271 Å². The van der Waals surface area contributed by atoms with Crippen LogP contribution in [0.5, 0.6) is 17.2 Å². The van der Waals surface area contributed by atoms with E-state index in [0.717, 1.165) is 90.2 Å². The van der Waals surface area contributed by atoms with E-state index in [4.69, 9.17) is 14.2 Å². The van der Waals surface area contributed by atoms with Gasteiger partial charge in [0.15, 0.2) is 11.5 Å². The molecule has 0 unspecified atom stereocenters. The van der Waals surface area contributed by atoms with Gasteiger partial charge in [-0.1, -0.05) is 0 Å². The molecule has 10 nitrogen and oxygen atoms in total. The molecule has 0 spiro atoms. The zero-order valence-corrected chi connectivity index (χ0v) is 27.3. The molecule has 1 aliphatic heterocycles. The number of benzene rings is 1. The number of amides is 1. The van der Waals surface area contributed by atoms with Gasteiger partial charge in [-0.25, -0.2) is 0 Å². The van der Waals surface area contributed by atoms with E-state index >= 15 is 0 Å². The van der Waals surface area contributed by atoms with Gasteiger partial charge in [-0.05, 0) is 105 Å². The molecule has 0 atom stereocenters. The smallest absolute Gasteiger partial charge is 0.271 e. The molecule has 5 fully saturated rings. The molecule has 4 bridgehead atoms. The first-order valence-corrected chi connectivity index (χ1v) is 16.9. The molecule has 46 heavy (non-hydrogen) atoms. The minimum atomic E-state index is -0.105. The summed E-state index contributed by atoms with van der Waals surface area (Å²) in [5.41, 5.74) is 3.62. The highest BCUT2D eigenvalue weighted by atomic mass is 16.5. The molecule has 3 aromatic rings. The summed E-state index contributed by atoms with van der Waals surface area (Å²) in [7, 11) is 3.39. The third-order valence-corrected chi connectivity index (χ3v) is 10.7. The second-order valence-electron chi connectivity index (χ2n) is 13.8. The van der Waals surface area contributed by atoms with Gasteiger partial charge in [0.2, 0.25) is 0 Å². The van der Waals surface area contributed by atoms with Crippen molar-refractivity contribution in [3.63, 3.8) is 0 Å². The average Bonchev–Trinajstić information content (AvgIpc) is 3.07. The fourth-order valence-electron chi connectivity index (χ4n) is 8.97. The summed E-state index contributed by atoms with van der Waals surface area (Å²) in [4.78, 5) is 22.0. The Morgan fingerprint density at radius 1 is 0.891 bits per heavy atom. The minimum absolute atomic E-state index is 0.105. The van der Waals surface area contributed by atoms with Crippen molar-refractivity contribution in [1.29, 1.82) is 0 Å². The van der Waals surface area contributed by atoms with Crippen LogP contribution in [0, 0.1) is 23.2 Å². The van der Waals surface area contributed by atoms with Crippen molar-refractivity contribution >= 4 is 11.7 Å². The first kappa shape index (κ1) is 30.7. The van der Waals surface area contributed by atoms with Crippen LogP contribution in [-0.2, 0) is 6.54 Å². The quantitative estimate of drug-likeness (QED) is 0.307. The van der Waals surface area contributed by atoms with Crippen LogP contribution in [0.3, 0.4) is 0 Å². The van der Waals surface area contributed by atoms with E-state index in [1.807, 2.05) is 43.5 Å². The van der Waals surface area contributed by atoms with Crippen LogP contribution < -0.4 is 24.4 Å². The largest absolute Gasteiger partial charge is 0.496 e. The van der Waals surface area contributed by atoms with E-state index in [9.17, 15) is 4.79 Å². The lowest BCUT2D eigenvalue weighted by Crippen LogP contribution is -2.51. The van der Waals surface area contributed by atoms with Crippen molar-refractivity contribution in [2.45, 2.75) is 52.0 Å². The number of piperazine rings is 1. The van der Waals surface area contributed by atoms with Gasteiger partial charge in [-0.2, -0.15) is 0 Å². The molecule has 2 aromatic heterocycles. The summed E-state index contributed by atoms with van der Waals surface area (Å²) in [6.07, 6.45) is 11.6. The Kier molecular flexibility index (Phi) is 8.72. The molecule has 1 amide bonds. The van der Waals surface area contributed by atoms with E-state index in [-0.39, 0.29) is 5.91 Å². The van der Waals surface area contributed by atoms with E-state index in [2.05, 4.69) is 30.3 Å². The van der Waals surface area contributed by atoms with Crippen LogP contribution in [0.2, 0.25) is 0 Å². The number of hydrogen-bond donors (Lipinski definition) is 1. The lowest BCUT2D eigenvalue weighted by Gasteiger charge is -2.56. The standard InChI is InChI=1S/C36H46N6O4/c1-4-46-29-14-28(20-37-21-29)27-15-32(44-2)30(33(16-27)45-3)22-41-7-9-42(10-8-41)34-6-5-31(39-40-34)35(43)38-23-36-17-24-11-25(18-36)13-26(12-24)19-36/h5-6,14-16,20-21,24-26H,4,7-13,17-19,22-23H2,1-3H3,(H,38,43). The van der Waals surface area contributed by atoms with Crippen molar-refractivity contribution in [3.8, 4) is 28.4 Å². The zero-order chi connectivity index (χ0) is 31.7. The van der Waals surface area contributed by atoms with E-state index in [1.54, 1.807) is 20.4 Å². The minimum Gasteiger partial charge on any atom is -0.496 e. The Morgan fingerprint density at radius 2 is 1.57 bits per heavy atom. The summed E-state index contributed by atoms with van der Waals surface area (Å²) in [6, 6.07) is 9.81. The molecule has 1 aromatic carbocycles. The molecule has 244 valence electrons. The van der Waals surface area contributed by atoms with Crippen molar-refractivity contribution in [2.24, 2.45) is 23.2 Å². The lowest BCUT2D eigenvalue weighted by atomic mass is 9.49. The second kappa shape index (κ2) is 13.1. The number of nitrogens with zero attached hydrogens (tertiary/aromatic N) is 5. The maximum Gasteiger partial charge on any atom is 0.271 e. The monoisotopic (exact) mass is 626 g/mol. The number of pyridine rings is 1. The molecule has 4 aliphatic carbocycles. The fraction of sp³-hybridized carbons (Fsp3) is 0.556. The maximum atomic E-state index is 13.0. The van der Waals surface area contributed by atoms with Crippen LogP contribution in [-0.4, -0.2) is 79.5 Å². The Morgan fingerprint density at radius 3 is 2.15 bits per heavy atom. The van der Waals surface area contributed by atoms with Gasteiger partial charge >= 0.3 is 0 Å². The van der Waals surface area contributed by atoms with Crippen molar-refractivity contribution in [1.82, 2.24) is 25.4 Å². The molecule has 3 heterocycles. The van der Waals surface area contributed by atoms with E-state index < -0.39 is 0 Å². The highest BCUT2D eigenvalue weighted by Crippen LogP contribution is 2.59. The van der Waals surface area contributed by atoms with Gasteiger partial charge in [0.25, 0.3) is 5.91 Å². The Bertz CT molecular complexity index is 1480. The van der Waals surface area contributed by atoms with E-state index in [1.165, 1.54) is 38.5 Å². The second-order valence-corrected chi connectivity index (χ2v) is 13.8. The van der Waals surface area contributed by atoms with Crippen LogP contribution in [0.4, 0.5) is 5.82 Å². The first-order valence-electron chi connectivity index (χ1n) is 16.9. The molecule has 4 saturated carbocycles. The Hall–Kier alpha value is -3.92. The third-order valence-electron chi connectivity index (χ3n) is 10.7. The van der Waals surface area contributed by atoms with Crippen molar-refractivity contribution in [2.75, 3.05) is 58.5 Å². The van der Waals surface area contributed by atoms with Crippen LogP contribution in [0.25, 0.3) is 11.1 Å². The number of carbonyl (C=O) groups excluding carboxylic acids is 1. The van der Waals surface area contributed by atoms with Crippen LogP contribution in [0.1, 0.15) is 61.5 Å². The lowest BCUT2D eigenvalue weighted by molar-refractivity contribution is -0.0503. The summed E-state index contributed by atoms with van der Waals surface area (Å²) in [6.45, 7) is 7.34. The first-order chi connectivity index (χ1) is 22.4. The molecule has 0 radical (unpaired) electrons. The van der Waals surface area contributed by atoms with Gasteiger partial charge < -0.3 is 24.4 Å². The molecule has 1 saturated heterocycles. The van der Waals surface area contributed by atoms with E-state index in [0.29, 0.717) is 24.3 Å². The van der Waals surface area contributed by atoms with Crippen molar-refractivity contribution < 1.29 is 19.0 Å². The van der Waals surface area contributed by atoms with Gasteiger partial charge in [-0.3, -0.25) is 14.7 Å². The molecule has 10 heteroatoms. The molecule has 8 rings (SSSR count). The third kappa shape index (κ3) is 6.36. The summed E-state index contributed by atoms with van der Waals surface area (Å²) < 4.78 is 17.3. The number of carbonyl (C=O) groups is 1. The number of ether oxygens (including phenoxy) is 3. The summed E-state index contributed by atoms with van der Waals surface area (Å²) in [5, 5.41) is 12.0. The number of anilines is 1. The zero-order valence-electron chi connectivity index (χ0n) is 27.3. The molecular weight excluding hydrogens is 580 g/mol. The van der Waals surface area contributed by atoms with Crippen LogP contribution >= 0.6 is 0 Å². The molecule has 5 aliphatic rings. The number of rotatable bonds is 11. The fourth-order valence-corrected chi connectivity index (χ4v) is 8.97. The molecule has 1 N–H and O–H groups in total. The Balaban J connectivity index is 0.946. The number of hydrogen-bond acceptors (Lipinski definition) is 9. The average molecular weight is 627 g/mol. The molecular formula is C36H46N6O4. The highest BCUT2D eigenvalue weighted by molar-refractivity contribution is 5.92. The summed E-state index contributed by atoms with van der Waals surface area (Å²) in [5.74, 6) is 5.61. The predicted molar refractivity (Wildman–Crippen MR) is 176 cm³/mol. The van der Waals surface area contributed by atoms with Gasteiger partial charge in [0.1, 0.15) is 17.2 Å². The highest BCUT2D eigenvalue weighted by Gasteiger charge is 2.50. The number of methoxy groups -OCH3 is 2. The van der Waals surface area contributed by atoms with Gasteiger partial charge in [0.05, 0.1) is 32.6 Å². The van der Waals surface area contributed by atoms with Gasteiger partial charge in [0, 0.05) is 51.0 Å². The van der Waals surface area contributed by atoms with Crippen LogP contribution in [0.15, 0.2) is 42.7 Å². The summed E-state index contributed by atoms with van der Waals surface area (Å²) >= 11 is 0. The van der Waals surface area contributed by atoms with Crippen molar-refractivity contribution in [3.05, 3.63) is 54.0 Å². The number of aromatic nitrogens is 3. The SMILES string of the molecule is CCOc1cncc(-c2cc(OC)c(CN3CCN(c4ccc(C(=O)NCC56CC7CC(CC(C7)C5)C6)nn4)CC3)c(OC)c2)c1.